The highest BCUT2D eigenvalue weighted by molar-refractivity contribution is 7.89. The van der Waals surface area contributed by atoms with E-state index in [0.717, 1.165) is 26.7 Å². The van der Waals surface area contributed by atoms with Gasteiger partial charge in [0.25, 0.3) is 0 Å². The standard InChI is InChI=1S/C21H28N2O4S/c1-14(2)17-9-7-8-16(4)21(17)22-20(24)13-23(5)28(25,26)19-12-15(3)10-11-18(19)27-6/h7-12,14H,13H2,1-6H3,(H,22,24). The van der Waals surface area contributed by atoms with Crippen molar-refractivity contribution >= 4 is 21.6 Å². The molecule has 0 spiro atoms. The molecular weight excluding hydrogens is 376 g/mol. The minimum Gasteiger partial charge on any atom is -0.495 e. The lowest BCUT2D eigenvalue weighted by Crippen LogP contribution is -2.35. The topological polar surface area (TPSA) is 75.7 Å². The van der Waals surface area contributed by atoms with E-state index in [1.165, 1.54) is 14.2 Å². The number of anilines is 1. The van der Waals surface area contributed by atoms with Crippen LogP contribution in [0.4, 0.5) is 5.69 Å². The molecule has 2 aromatic rings. The van der Waals surface area contributed by atoms with Crippen molar-refractivity contribution in [2.75, 3.05) is 26.0 Å². The Bertz CT molecular complexity index is 968. The van der Waals surface area contributed by atoms with E-state index in [2.05, 4.69) is 5.32 Å². The predicted molar refractivity (Wildman–Crippen MR) is 111 cm³/mol. The van der Waals surface area contributed by atoms with E-state index in [9.17, 15) is 13.2 Å². The SMILES string of the molecule is COc1ccc(C)cc1S(=O)(=O)N(C)CC(=O)Nc1c(C)cccc1C(C)C. The summed E-state index contributed by atoms with van der Waals surface area (Å²) in [5.41, 5.74) is 3.48. The van der Waals surface area contributed by atoms with Gasteiger partial charge in [0.2, 0.25) is 15.9 Å². The largest absolute Gasteiger partial charge is 0.495 e. The number of nitrogens with one attached hydrogen (secondary N) is 1. The molecule has 0 aliphatic heterocycles. The smallest absolute Gasteiger partial charge is 0.246 e. The van der Waals surface area contributed by atoms with E-state index < -0.39 is 15.9 Å². The molecule has 0 unspecified atom stereocenters. The van der Waals surface area contributed by atoms with Crippen LogP contribution in [0.5, 0.6) is 5.75 Å². The maximum absolute atomic E-state index is 13.0. The molecule has 0 atom stereocenters. The van der Waals surface area contributed by atoms with Gasteiger partial charge in [0, 0.05) is 12.7 Å². The maximum atomic E-state index is 13.0. The van der Waals surface area contributed by atoms with Gasteiger partial charge in [0.1, 0.15) is 10.6 Å². The van der Waals surface area contributed by atoms with Crippen molar-refractivity contribution in [2.45, 2.75) is 38.5 Å². The van der Waals surface area contributed by atoms with Crippen molar-refractivity contribution in [1.29, 1.82) is 0 Å². The molecule has 7 heteroatoms. The number of benzene rings is 2. The van der Waals surface area contributed by atoms with Gasteiger partial charge in [0.05, 0.1) is 13.7 Å². The van der Waals surface area contributed by atoms with E-state index in [1.54, 1.807) is 25.1 Å². The van der Waals surface area contributed by atoms with Crippen LogP contribution in [0.2, 0.25) is 0 Å². The van der Waals surface area contributed by atoms with Gasteiger partial charge in [0.15, 0.2) is 0 Å². The predicted octanol–water partition coefficient (Wildman–Crippen LogP) is 3.69. The molecule has 0 saturated carbocycles. The second-order valence-electron chi connectivity index (χ2n) is 7.16. The molecule has 28 heavy (non-hydrogen) atoms. The van der Waals surface area contributed by atoms with Crippen LogP contribution in [0, 0.1) is 13.8 Å². The second kappa shape index (κ2) is 8.75. The molecule has 0 aliphatic carbocycles. The minimum atomic E-state index is -3.88. The summed E-state index contributed by atoms with van der Waals surface area (Å²) in [6.45, 7) is 7.51. The van der Waals surface area contributed by atoms with E-state index in [1.807, 2.05) is 39.0 Å². The average Bonchev–Trinajstić information content (AvgIpc) is 2.62. The number of carbonyl (C=O) groups is 1. The summed E-state index contributed by atoms with van der Waals surface area (Å²) in [6, 6.07) is 10.8. The zero-order chi connectivity index (χ0) is 21.1. The fourth-order valence-electron chi connectivity index (χ4n) is 2.96. The molecule has 0 saturated heterocycles. The normalized spacial score (nSPS) is 11.7. The molecule has 0 heterocycles. The quantitative estimate of drug-likeness (QED) is 0.764. The van der Waals surface area contributed by atoms with Crippen molar-refractivity contribution in [2.24, 2.45) is 0 Å². The zero-order valence-corrected chi connectivity index (χ0v) is 18.1. The Kier molecular flexibility index (Phi) is 6.85. The molecule has 6 nitrogen and oxygen atoms in total. The summed E-state index contributed by atoms with van der Waals surface area (Å²) >= 11 is 0. The third-order valence-corrected chi connectivity index (χ3v) is 6.39. The van der Waals surface area contributed by atoms with Crippen molar-refractivity contribution in [3.8, 4) is 5.75 Å². The number of para-hydroxylation sites is 1. The minimum absolute atomic E-state index is 0.0454. The van der Waals surface area contributed by atoms with Crippen molar-refractivity contribution in [1.82, 2.24) is 4.31 Å². The van der Waals surface area contributed by atoms with Gasteiger partial charge in [-0.3, -0.25) is 4.79 Å². The number of methoxy groups -OCH3 is 1. The number of carbonyl (C=O) groups excluding carboxylic acids is 1. The third kappa shape index (κ3) is 4.72. The summed E-state index contributed by atoms with van der Waals surface area (Å²) in [7, 11) is -1.08. The lowest BCUT2D eigenvalue weighted by molar-refractivity contribution is -0.116. The zero-order valence-electron chi connectivity index (χ0n) is 17.2. The molecular formula is C21H28N2O4S. The van der Waals surface area contributed by atoms with Gasteiger partial charge in [-0.25, -0.2) is 8.42 Å². The van der Waals surface area contributed by atoms with Gasteiger partial charge >= 0.3 is 0 Å². The number of nitrogens with zero attached hydrogens (tertiary/aromatic N) is 1. The Balaban J connectivity index is 2.25. The van der Waals surface area contributed by atoms with Gasteiger partial charge in [-0.05, 0) is 48.6 Å². The molecule has 1 amide bonds. The molecule has 0 bridgehead atoms. The van der Waals surface area contributed by atoms with E-state index in [0.29, 0.717) is 0 Å². The summed E-state index contributed by atoms with van der Waals surface area (Å²) in [4.78, 5) is 12.6. The number of sulfonamides is 1. The van der Waals surface area contributed by atoms with Crippen LogP contribution in [0.15, 0.2) is 41.3 Å². The maximum Gasteiger partial charge on any atom is 0.246 e. The fourth-order valence-corrected chi connectivity index (χ4v) is 4.33. The fraction of sp³-hybridized carbons (Fsp3) is 0.381. The van der Waals surface area contributed by atoms with Crippen molar-refractivity contribution < 1.29 is 17.9 Å². The highest BCUT2D eigenvalue weighted by atomic mass is 32.2. The van der Waals surface area contributed by atoms with Crippen LogP contribution in [0.1, 0.15) is 36.5 Å². The number of rotatable bonds is 7. The molecule has 0 aromatic heterocycles. The van der Waals surface area contributed by atoms with Gasteiger partial charge < -0.3 is 10.1 Å². The Hall–Kier alpha value is -2.38. The number of amides is 1. The van der Waals surface area contributed by atoms with Gasteiger partial charge in [-0.15, -0.1) is 0 Å². The van der Waals surface area contributed by atoms with Crippen LogP contribution in [-0.2, 0) is 14.8 Å². The van der Waals surface area contributed by atoms with Crippen LogP contribution in [0.3, 0.4) is 0 Å². The van der Waals surface area contributed by atoms with Crippen LogP contribution >= 0.6 is 0 Å². The molecule has 0 fully saturated rings. The highest BCUT2D eigenvalue weighted by Gasteiger charge is 2.27. The average molecular weight is 405 g/mol. The Morgan fingerprint density at radius 2 is 1.86 bits per heavy atom. The third-order valence-electron chi connectivity index (χ3n) is 4.57. The molecule has 1 N–H and O–H groups in total. The summed E-state index contributed by atoms with van der Waals surface area (Å²) in [5, 5.41) is 2.88. The Morgan fingerprint density at radius 1 is 1.18 bits per heavy atom. The Morgan fingerprint density at radius 3 is 2.46 bits per heavy atom. The van der Waals surface area contributed by atoms with Crippen molar-refractivity contribution in [3.63, 3.8) is 0 Å². The highest BCUT2D eigenvalue weighted by Crippen LogP contribution is 2.29. The Labute approximate surface area is 167 Å². The summed E-state index contributed by atoms with van der Waals surface area (Å²) in [6.07, 6.45) is 0. The van der Waals surface area contributed by atoms with E-state index >= 15 is 0 Å². The number of likely N-dealkylation sites (N-methyl/N-ethyl adjacent to an activating group) is 1. The summed E-state index contributed by atoms with van der Waals surface area (Å²) in [5.74, 6) is 0.0842. The van der Waals surface area contributed by atoms with Crippen LogP contribution in [-0.4, -0.2) is 39.3 Å². The second-order valence-corrected chi connectivity index (χ2v) is 9.17. The molecule has 0 radical (unpaired) electrons. The first-order valence-electron chi connectivity index (χ1n) is 9.08. The number of hydrogen-bond acceptors (Lipinski definition) is 4. The first-order chi connectivity index (χ1) is 13.1. The number of aryl methyl sites for hydroxylation is 2. The lowest BCUT2D eigenvalue weighted by Gasteiger charge is -2.20. The first kappa shape index (κ1) is 21.9. The molecule has 152 valence electrons. The van der Waals surface area contributed by atoms with Crippen LogP contribution < -0.4 is 10.1 Å². The summed E-state index contributed by atoms with van der Waals surface area (Å²) < 4.78 is 32.1. The first-order valence-corrected chi connectivity index (χ1v) is 10.5. The number of ether oxygens (including phenoxy) is 1. The van der Waals surface area contributed by atoms with E-state index in [4.69, 9.17) is 4.74 Å². The lowest BCUT2D eigenvalue weighted by atomic mass is 9.98. The van der Waals surface area contributed by atoms with Gasteiger partial charge in [-0.2, -0.15) is 4.31 Å². The monoisotopic (exact) mass is 404 g/mol. The molecule has 2 rings (SSSR count). The molecule has 2 aromatic carbocycles. The van der Waals surface area contributed by atoms with Gasteiger partial charge in [-0.1, -0.05) is 38.1 Å². The number of hydrogen-bond donors (Lipinski definition) is 1. The van der Waals surface area contributed by atoms with Crippen molar-refractivity contribution in [3.05, 3.63) is 53.1 Å². The van der Waals surface area contributed by atoms with E-state index in [-0.39, 0.29) is 23.1 Å². The van der Waals surface area contributed by atoms with Crippen LogP contribution in [0.25, 0.3) is 0 Å². The molecule has 0 aliphatic rings.